The molecule has 1 aromatic rings. The van der Waals surface area contributed by atoms with Crippen LogP contribution in [0.5, 0.6) is 0 Å². The van der Waals surface area contributed by atoms with Crippen molar-refractivity contribution in [1.29, 1.82) is 0 Å². The maximum Gasteiger partial charge on any atom is 0.321 e. The summed E-state index contributed by atoms with van der Waals surface area (Å²) < 4.78 is 0. The number of allylic oxidation sites excluding steroid dienone is 1. The molecule has 6 heteroatoms. The van der Waals surface area contributed by atoms with Crippen molar-refractivity contribution in [3.05, 3.63) is 71.7 Å². The molecule has 1 aromatic carbocycles. The lowest BCUT2D eigenvalue weighted by Crippen LogP contribution is -2.51. The molecule has 28 heavy (non-hydrogen) atoms. The second kappa shape index (κ2) is 8.33. The van der Waals surface area contributed by atoms with E-state index < -0.39 is 0 Å². The zero-order valence-electron chi connectivity index (χ0n) is 15.9. The van der Waals surface area contributed by atoms with E-state index in [1.54, 1.807) is 4.90 Å². The molecule has 3 amide bonds. The Kier molecular flexibility index (Phi) is 5.46. The lowest BCUT2D eigenvalue weighted by atomic mass is 9.79. The number of urea groups is 1. The van der Waals surface area contributed by atoms with Crippen molar-refractivity contribution in [1.82, 2.24) is 20.9 Å². The van der Waals surface area contributed by atoms with Crippen molar-refractivity contribution in [2.24, 2.45) is 5.92 Å². The fourth-order valence-corrected chi connectivity index (χ4v) is 3.77. The SMILES string of the molecule is O=C(N[C@H]1C[C@H](C(=O)NCCCc2ccccc2)C1)N1C=C2C=CNC=C2C1. The fourth-order valence-electron chi connectivity index (χ4n) is 3.77. The maximum atomic E-state index is 12.4. The Balaban J connectivity index is 1.13. The Morgan fingerprint density at radius 3 is 2.79 bits per heavy atom. The fraction of sp³-hybridized carbons (Fsp3) is 0.364. The quantitative estimate of drug-likeness (QED) is 0.666. The molecule has 3 aliphatic rings. The zero-order valence-corrected chi connectivity index (χ0v) is 15.9. The molecule has 0 radical (unpaired) electrons. The van der Waals surface area contributed by atoms with Crippen molar-refractivity contribution >= 4 is 11.9 Å². The van der Waals surface area contributed by atoms with E-state index in [1.165, 1.54) is 5.56 Å². The van der Waals surface area contributed by atoms with Gasteiger partial charge in [0.25, 0.3) is 0 Å². The molecule has 0 spiro atoms. The van der Waals surface area contributed by atoms with E-state index in [1.807, 2.05) is 42.9 Å². The van der Waals surface area contributed by atoms with E-state index in [0.717, 1.165) is 24.0 Å². The van der Waals surface area contributed by atoms with Gasteiger partial charge in [-0.15, -0.1) is 0 Å². The Bertz CT molecular complexity index is 822. The van der Waals surface area contributed by atoms with E-state index in [9.17, 15) is 9.59 Å². The number of dihydropyridines is 1. The molecule has 146 valence electrons. The number of amides is 3. The predicted octanol–water partition coefficient (Wildman–Crippen LogP) is 2.42. The average molecular weight is 378 g/mol. The Hall–Kier alpha value is -3.02. The number of benzene rings is 1. The summed E-state index contributed by atoms with van der Waals surface area (Å²) >= 11 is 0. The summed E-state index contributed by atoms with van der Waals surface area (Å²) in [6.45, 7) is 1.27. The van der Waals surface area contributed by atoms with Crippen molar-refractivity contribution in [2.75, 3.05) is 13.1 Å². The molecule has 6 nitrogen and oxygen atoms in total. The van der Waals surface area contributed by atoms with Crippen molar-refractivity contribution < 1.29 is 9.59 Å². The van der Waals surface area contributed by atoms with Gasteiger partial charge in [-0.1, -0.05) is 30.3 Å². The van der Waals surface area contributed by atoms with E-state index in [-0.39, 0.29) is 23.9 Å². The smallest absolute Gasteiger partial charge is 0.321 e. The van der Waals surface area contributed by atoms with Crippen LogP contribution < -0.4 is 16.0 Å². The van der Waals surface area contributed by atoms with Crippen LogP contribution >= 0.6 is 0 Å². The number of hydrogen-bond donors (Lipinski definition) is 3. The van der Waals surface area contributed by atoms with Gasteiger partial charge in [-0.2, -0.15) is 0 Å². The highest BCUT2D eigenvalue weighted by molar-refractivity contribution is 5.81. The number of carbonyl (C=O) groups is 2. The van der Waals surface area contributed by atoms with Gasteiger partial charge in [0, 0.05) is 37.1 Å². The van der Waals surface area contributed by atoms with Crippen LogP contribution in [0.25, 0.3) is 0 Å². The molecular formula is C22H26N4O2. The molecule has 0 unspecified atom stereocenters. The monoisotopic (exact) mass is 378 g/mol. The van der Waals surface area contributed by atoms with Gasteiger partial charge in [0.1, 0.15) is 0 Å². The highest BCUT2D eigenvalue weighted by Gasteiger charge is 2.36. The van der Waals surface area contributed by atoms with E-state index >= 15 is 0 Å². The number of nitrogens with zero attached hydrogens (tertiary/aromatic N) is 1. The molecular weight excluding hydrogens is 352 g/mol. The number of aryl methyl sites for hydroxylation is 1. The van der Waals surface area contributed by atoms with Gasteiger partial charge in [-0.25, -0.2) is 4.79 Å². The van der Waals surface area contributed by atoms with Crippen LogP contribution in [0, 0.1) is 5.92 Å². The van der Waals surface area contributed by atoms with Crippen LogP contribution in [0.2, 0.25) is 0 Å². The molecule has 0 bridgehead atoms. The maximum absolute atomic E-state index is 12.4. The molecule has 0 aromatic heterocycles. The lowest BCUT2D eigenvalue weighted by molar-refractivity contribution is -0.128. The Labute approximate surface area is 165 Å². The Morgan fingerprint density at radius 2 is 2.00 bits per heavy atom. The molecule has 4 rings (SSSR count). The van der Waals surface area contributed by atoms with Crippen LogP contribution in [-0.2, 0) is 11.2 Å². The van der Waals surface area contributed by atoms with Gasteiger partial charge in [0.2, 0.25) is 5.91 Å². The molecule has 1 fully saturated rings. The third-order valence-corrected chi connectivity index (χ3v) is 5.50. The number of carbonyl (C=O) groups excluding carboxylic acids is 2. The van der Waals surface area contributed by atoms with Gasteiger partial charge in [0.15, 0.2) is 0 Å². The number of fused-ring (bicyclic) bond motifs is 1. The summed E-state index contributed by atoms with van der Waals surface area (Å²) in [6, 6.07) is 10.3. The largest absolute Gasteiger partial charge is 0.367 e. The number of hydrogen-bond acceptors (Lipinski definition) is 3. The first-order chi connectivity index (χ1) is 13.7. The summed E-state index contributed by atoms with van der Waals surface area (Å²) in [5.41, 5.74) is 3.47. The minimum absolute atomic E-state index is 0.0105. The summed E-state index contributed by atoms with van der Waals surface area (Å²) in [7, 11) is 0. The Morgan fingerprint density at radius 1 is 1.18 bits per heavy atom. The average Bonchev–Trinajstić information content (AvgIpc) is 3.12. The molecule has 0 atom stereocenters. The third-order valence-electron chi connectivity index (χ3n) is 5.50. The minimum atomic E-state index is -0.0945. The van der Waals surface area contributed by atoms with Gasteiger partial charge in [0.05, 0.1) is 6.54 Å². The normalized spacial score (nSPS) is 22.4. The highest BCUT2D eigenvalue weighted by atomic mass is 16.2. The van der Waals surface area contributed by atoms with Crippen LogP contribution in [0.3, 0.4) is 0 Å². The number of nitrogens with one attached hydrogen (secondary N) is 3. The summed E-state index contributed by atoms with van der Waals surface area (Å²) in [5.74, 6) is 0.116. The molecule has 3 N–H and O–H groups in total. The molecule has 0 saturated heterocycles. The van der Waals surface area contributed by atoms with E-state index in [2.05, 4.69) is 28.1 Å². The first-order valence-electron chi connectivity index (χ1n) is 9.91. The summed E-state index contributed by atoms with van der Waals surface area (Å²) in [6.07, 6.45) is 10.9. The molecule has 2 aliphatic heterocycles. The summed E-state index contributed by atoms with van der Waals surface area (Å²) in [5, 5.41) is 9.10. The van der Waals surface area contributed by atoms with Crippen molar-refractivity contribution in [3.8, 4) is 0 Å². The van der Waals surface area contributed by atoms with Crippen LogP contribution in [0.15, 0.2) is 66.2 Å². The van der Waals surface area contributed by atoms with Crippen LogP contribution in [-0.4, -0.2) is 36.0 Å². The summed E-state index contributed by atoms with van der Waals surface area (Å²) in [4.78, 5) is 26.3. The second-order valence-electron chi connectivity index (χ2n) is 7.58. The standard InChI is InChI=1S/C22H26N4O2/c27-21(24-9-4-7-16-5-2-1-3-6-16)18-11-20(12-18)25-22(28)26-14-17-8-10-23-13-19(17)15-26/h1-3,5-6,8,10,13-14,18,20,23H,4,7,9,11-12,15H2,(H,24,27)(H,25,28)/t18-,20-. The lowest BCUT2D eigenvalue weighted by Gasteiger charge is -2.35. The topological polar surface area (TPSA) is 73.5 Å². The number of rotatable bonds is 6. The van der Waals surface area contributed by atoms with E-state index in [0.29, 0.717) is 25.9 Å². The second-order valence-corrected chi connectivity index (χ2v) is 7.58. The third kappa shape index (κ3) is 4.27. The van der Waals surface area contributed by atoms with Crippen LogP contribution in [0.1, 0.15) is 24.8 Å². The first kappa shape index (κ1) is 18.3. The highest BCUT2D eigenvalue weighted by Crippen LogP contribution is 2.29. The van der Waals surface area contributed by atoms with Gasteiger partial charge in [-0.3, -0.25) is 9.69 Å². The predicted molar refractivity (Wildman–Crippen MR) is 108 cm³/mol. The first-order valence-corrected chi connectivity index (χ1v) is 9.91. The van der Waals surface area contributed by atoms with Crippen molar-refractivity contribution in [2.45, 2.75) is 31.7 Å². The molecule has 2 heterocycles. The zero-order chi connectivity index (χ0) is 19.3. The van der Waals surface area contributed by atoms with Gasteiger partial charge >= 0.3 is 6.03 Å². The van der Waals surface area contributed by atoms with Crippen molar-refractivity contribution in [3.63, 3.8) is 0 Å². The van der Waals surface area contributed by atoms with Gasteiger partial charge in [-0.05, 0) is 48.5 Å². The van der Waals surface area contributed by atoms with Gasteiger partial charge < -0.3 is 16.0 Å². The molecule has 1 aliphatic carbocycles. The van der Waals surface area contributed by atoms with E-state index in [4.69, 9.17) is 0 Å². The minimum Gasteiger partial charge on any atom is -0.367 e. The molecule has 1 saturated carbocycles. The van der Waals surface area contributed by atoms with Crippen LogP contribution in [0.4, 0.5) is 4.79 Å².